The maximum absolute atomic E-state index is 11.9. The van der Waals surface area contributed by atoms with E-state index in [-0.39, 0.29) is 11.4 Å². The Labute approximate surface area is 150 Å². The molecule has 2 amide bonds. The molecule has 0 spiro atoms. The fourth-order valence-electron chi connectivity index (χ4n) is 2.40. The normalized spacial score (nSPS) is 11.0. The minimum Gasteiger partial charge on any atom is -0.493 e. The molecule has 0 aromatic heterocycles. The zero-order valence-electron chi connectivity index (χ0n) is 15.6. The second-order valence-electron chi connectivity index (χ2n) is 7.18. The molecule has 0 aliphatic rings. The van der Waals surface area contributed by atoms with Gasteiger partial charge in [-0.15, -0.1) is 0 Å². The Morgan fingerprint density at radius 1 is 1.04 bits per heavy atom. The largest absolute Gasteiger partial charge is 0.493 e. The number of urea groups is 1. The van der Waals surface area contributed by atoms with E-state index in [9.17, 15) is 4.79 Å². The van der Waals surface area contributed by atoms with Crippen molar-refractivity contribution in [1.29, 1.82) is 0 Å². The molecule has 25 heavy (non-hydrogen) atoms. The van der Waals surface area contributed by atoms with Crippen LogP contribution < -0.4 is 15.4 Å². The van der Waals surface area contributed by atoms with Gasteiger partial charge < -0.3 is 15.4 Å². The minimum absolute atomic E-state index is 0.109. The number of hydrogen-bond donors (Lipinski definition) is 2. The number of para-hydroxylation sites is 1. The fourth-order valence-corrected chi connectivity index (χ4v) is 2.40. The van der Waals surface area contributed by atoms with E-state index in [1.165, 1.54) is 5.56 Å². The molecule has 4 heteroatoms. The number of anilines is 1. The summed E-state index contributed by atoms with van der Waals surface area (Å²) in [6, 6.07) is 15.7. The molecule has 0 unspecified atom stereocenters. The van der Waals surface area contributed by atoms with Crippen molar-refractivity contribution >= 4 is 11.7 Å². The SMILES string of the molecule is Cc1ccccc1OCCCNC(=O)Nc1ccc(C(C)(C)C)cc1. The molecule has 2 aromatic rings. The third-order valence-corrected chi connectivity index (χ3v) is 3.97. The molecule has 2 rings (SSSR count). The van der Waals surface area contributed by atoms with Crippen LogP contribution in [0.3, 0.4) is 0 Å². The Bertz CT molecular complexity index is 688. The van der Waals surface area contributed by atoms with Crippen LogP contribution in [0.4, 0.5) is 10.5 Å². The maximum atomic E-state index is 11.9. The zero-order chi connectivity index (χ0) is 18.3. The van der Waals surface area contributed by atoms with Gasteiger partial charge in [0.05, 0.1) is 6.61 Å². The summed E-state index contributed by atoms with van der Waals surface area (Å²) in [5.41, 5.74) is 3.26. The van der Waals surface area contributed by atoms with Gasteiger partial charge in [-0.3, -0.25) is 0 Å². The van der Waals surface area contributed by atoms with Crippen LogP contribution >= 0.6 is 0 Å². The molecule has 2 aromatic carbocycles. The smallest absolute Gasteiger partial charge is 0.319 e. The molecule has 0 saturated heterocycles. The van der Waals surface area contributed by atoms with Crippen molar-refractivity contribution in [3.63, 3.8) is 0 Å². The van der Waals surface area contributed by atoms with Crippen LogP contribution in [-0.2, 0) is 5.41 Å². The fraction of sp³-hybridized carbons (Fsp3) is 0.381. The number of amides is 2. The lowest BCUT2D eigenvalue weighted by Gasteiger charge is -2.19. The van der Waals surface area contributed by atoms with Gasteiger partial charge in [0.1, 0.15) is 5.75 Å². The predicted octanol–water partition coefficient (Wildman–Crippen LogP) is 4.88. The molecule has 0 heterocycles. The van der Waals surface area contributed by atoms with E-state index < -0.39 is 0 Å². The van der Waals surface area contributed by atoms with Gasteiger partial charge in [0, 0.05) is 12.2 Å². The van der Waals surface area contributed by atoms with E-state index in [1.807, 2.05) is 55.5 Å². The standard InChI is InChI=1S/C21H28N2O2/c1-16-8-5-6-9-19(16)25-15-7-14-22-20(24)23-18-12-10-17(11-13-18)21(2,3)4/h5-6,8-13H,7,14-15H2,1-4H3,(H2,22,23,24). The maximum Gasteiger partial charge on any atom is 0.319 e. The highest BCUT2D eigenvalue weighted by molar-refractivity contribution is 5.89. The van der Waals surface area contributed by atoms with Crippen molar-refractivity contribution in [2.45, 2.75) is 39.5 Å². The first-order chi connectivity index (χ1) is 11.9. The first-order valence-corrected chi connectivity index (χ1v) is 8.70. The van der Waals surface area contributed by atoms with Gasteiger partial charge in [-0.25, -0.2) is 4.79 Å². The first-order valence-electron chi connectivity index (χ1n) is 8.70. The lowest BCUT2D eigenvalue weighted by atomic mass is 9.87. The summed E-state index contributed by atoms with van der Waals surface area (Å²) >= 11 is 0. The average Bonchev–Trinajstić information content (AvgIpc) is 2.56. The molecule has 0 radical (unpaired) electrons. The summed E-state index contributed by atoms with van der Waals surface area (Å²) in [5.74, 6) is 0.894. The van der Waals surface area contributed by atoms with Gasteiger partial charge in [0.2, 0.25) is 0 Å². The highest BCUT2D eigenvalue weighted by atomic mass is 16.5. The minimum atomic E-state index is -0.195. The molecule has 2 N–H and O–H groups in total. The van der Waals surface area contributed by atoms with Crippen LogP contribution in [0.25, 0.3) is 0 Å². The number of carbonyl (C=O) groups is 1. The molecule has 0 saturated carbocycles. The van der Waals surface area contributed by atoms with Gasteiger partial charge in [0.25, 0.3) is 0 Å². The first kappa shape index (κ1) is 18.8. The molecule has 0 fully saturated rings. The quantitative estimate of drug-likeness (QED) is 0.736. The van der Waals surface area contributed by atoms with Gasteiger partial charge in [-0.2, -0.15) is 0 Å². The van der Waals surface area contributed by atoms with Gasteiger partial charge in [-0.05, 0) is 48.1 Å². The summed E-state index contributed by atoms with van der Waals surface area (Å²) in [6.07, 6.45) is 0.755. The second-order valence-corrected chi connectivity index (χ2v) is 7.18. The predicted molar refractivity (Wildman–Crippen MR) is 103 cm³/mol. The van der Waals surface area contributed by atoms with E-state index in [2.05, 4.69) is 31.4 Å². The average molecular weight is 340 g/mol. The summed E-state index contributed by atoms with van der Waals surface area (Å²) in [6.45, 7) is 9.67. The number of rotatable bonds is 6. The van der Waals surface area contributed by atoms with E-state index in [4.69, 9.17) is 4.74 Å². The van der Waals surface area contributed by atoms with Gasteiger partial charge in [0.15, 0.2) is 0 Å². The lowest BCUT2D eigenvalue weighted by Crippen LogP contribution is -2.30. The highest BCUT2D eigenvalue weighted by Crippen LogP contribution is 2.23. The molecule has 0 bridgehead atoms. The Morgan fingerprint density at radius 3 is 2.36 bits per heavy atom. The third-order valence-electron chi connectivity index (χ3n) is 3.97. The third kappa shape index (κ3) is 6.14. The van der Waals surface area contributed by atoms with Gasteiger partial charge >= 0.3 is 6.03 Å². The van der Waals surface area contributed by atoms with E-state index in [1.54, 1.807) is 0 Å². The van der Waals surface area contributed by atoms with E-state index >= 15 is 0 Å². The Morgan fingerprint density at radius 2 is 1.72 bits per heavy atom. The molecular weight excluding hydrogens is 312 g/mol. The summed E-state index contributed by atoms with van der Waals surface area (Å²) in [5, 5.41) is 5.69. The second kappa shape index (κ2) is 8.56. The van der Waals surface area contributed by atoms with Crippen molar-refractivity contribution in [1.82, 2.24) is 5.32 Å². The topological polar surface area (TPSA) is 50.4 Å². The number of carbonyl (C=O) groups excluding carboxylic acids is 1. The number of ether oxygens (including phenoxy) is 1. The van der Waals surface area contributed by atoms with Crippen molar-refractivity contribution in [2.24, 2.45) is 0 Å². The van der Waals surface area contributed by atoms with Crippen LogP contribution in [0.5, 0.6) is 5.75 Å². The van der Waals surface area contributed by atoms with Crippen LogP contribution in [0.1, 0.15) is 38.3 Å². The number of nitrogens with one attached hydrogen (secondary N) is 2. The zero-order valence-corrected chi connectivity index (χ0v) is 15.6. The monoisotopic (exact) mass is 340 g/mol. The molecule has 0 aliphatic heterocycles. The van der Waals surface area contributed by atoms with Crippen LogP contribution in [0.2, 0.25) is 0 Å². The van der Waals surface area contributed by atoms with Crippen molar-refractivity contribution < 1.29 is 9.53 Å². The van der Waals surface area contributed by atoms with Crippen molar-refractivity contribution in [2.75, 3.05) is 18.5 Å². The molecular formula is C21H28N2O2. The Kier molecular flexibility index (Phi) is 6.45. The van der Waals surface area contributed by atoms with Crippen LogP contribution in [-0.4, -0.2) is 19.2 Å². The van der Waals surface area contributed by atoms with Crippen LogP contribution in [0.15, 0.2) is 48.5 Å². The summed E-state index contributed by atoms with van der Waals surface area (Å²) in [4.78, 5) is 11.9. The number of aryl methyl sites for hydroxylation is 1. The van der Waals surface area contributed by atoms with Crippen LogP contribution in [0, 0.1) is 6.92 Å². The summed E-state index contributed by atoms with van der Waals surface area (Å²) in [7, 11) is 0. The molecule has 0 aliphatic carbocycles. The molecule has 134 valence electrons. The van der Waals surface area contributed by atoms with Crippen molar-refractivity contribution in [3.8, 4) is 5.75 Å². The lowest BCUT2D eigenvalue weighted by molar-refractivity contribution is 0.250. The number of benzene rings is 2. The highest BCUT2D eigenvalue weighted by Gasteiger charge is 2.13. The summed E-state index contributed by atoms with van der Waals surface area (Å²) < 4.78 is 5.71. The number of hydrogen-bond acceptors (Lipinski definition) is 2. The van der Waals surface area contributed by atoms with E-state index in [0.717, 1.165) is 23.4 Å². The van der Waals surface area contributed by atoms with Gasteiger partial charge in [-0.1, -0.05) is 51.1 Å². The van der Waals surface area contributed by atoms with E-state index in [0.29, 0.717) is 13.2 Å². The Balaban J connectivity index is 1.68. The molecule has 0 atom stereocenters. The molecule has 4 nitrogen and oxygen atoms in total. The Hall–Kier alpha value is -2.49. The van der Waals surface area contributed by atoms with Crippen molar-refractivity contribution in [3.05, 3.63) is 59.7 Å².